The summed E-state index contributed by atoms with van der Waals surface area (Å²) in [6, 6.07) is 19.6. The number of hydrogen-bond donors (Lipinski definition) is 3. The van der Waals surface area contributed by atoms with E-state index in [-0.39, 0.29) is 0 Å². The quantitative estimate of drug-likeness (QED) is 0.129. The molecule has 3 aliphatic rings. The van der Waals surface area contributed by atoms with Gasteiger partial charge in [0, 0.05) is 93.7 Å². The zero-order chi connectivity index (χ0) is 32.2. The number of allylic oxidation sites excluding steroid dienone is 1. The van der Waals surface area contributed by atoms with Crippen LogP contribution in [0.3, 0.4) is 0 Å². The van der Waals surface area contributed by atoms with E-state index in [0.29, 0.717) is 5.02 Å². The largest absolute Gasteiger partial charge is 0.358 e. The van der Waals surface area contributed by atoms with Crippen molar-refractivity contribution in [2.75, 3.05) is 32.6 Å². The smallest absolute Gasteiger partial charge is 0.0529 e. The molecule has 242 valence electrons. The number of nitrogen functional groups attached to an aromatic ring is 1. The van der Waals surface area contributed by atoms with Crippen LogP contribution in [0.5, 0.6) is 0 Å². The molecule has 0 amide bonds. The highest BCUT2D eigenvalue weighted by atomic mass is 35.5. The topological polar surface area (TPSA) is 65.2 Å². The summed E-state index contributed by atoms with van der Waals surface area (Å²) in [6.45, 7) is 4.33. The lowest BCUT2D eigenvalue weighted by atomic mass is 9.96. The molecule has 1 fully saturated rings. The van der Waals surface area contributed by atoms with Crippen molar-refractivity contribution in [1.29, 1.82) is 0 Å². The Hall–Kier alpha value is -2.97. The van der Waals surface area contributed by atoms with Crippen LogP contribution < -0.4 is 11.3 Å². The fraction of sp³-hybridized carbons (Fsp3) is 0.351. The molecule has 0 atom stereocenters. The van der Waals surface area contributed by atoms with E-state index >= 15 is 0 Å². The normalized spacial score (nSPS) is 16.6. The van der Waals surface area contributed by atoms with Gasteiger partial charge in [0.05, 0.1) is 5.52 Å². The maximum atomic E-state index is 6.26. The van der Waals surface area contributed by atoms with E-state index in [1.807, 2.05) is 24.3 Å². The minimum Gasteiger partial charge on any atom is -0.358 e. The van der Waals surface area contributed by atoms with Crippen molar-refractivity contribution in [2.24, 2.45) is 5.84 Å². The fourth-order valence-corrected chi connectivity index (χ4v) is 7.30. The van der Waals surface area contributed by atoms with Gasteiger partial charge in [0.25, 0.3) is 0 Å². The molecule has 0 spiro atoms. The number of H-pyrrole nitrogens is 1. The third kappa shape index (κ3) is 7.60. The Labute approximate surface area is 287 Å². The number of aromatic amines is 1. The van der Waals surface area contributed by atoms with Gasteiger partial charge >= 0.3 is 0 Å². The van der Waals surface area contributed by atoms with Crippen LogP contribution in [0.1, 0.15) is 54.6 Å². The van der Waals surface area contributed by atoms with Crippen LogP contribution >= 0.6 is 34.8 Å². The minimum atomic E-state index is 0.717. The molecule has 3 aromatic carbocycles. The first kappa shape index (κ1) is 33.0. The molecule has 6 nitrogen and oxygen atoms in total. The van der Waals surface area contributed by atoms with Gasteiger partial charge in [0.1, 0.15) is 0 Å². The molecule has 0 radical (unpaired) electrons. The summed E-state index contributed by atoms with van der Waals surface area (Å²) >= 11 is 17.9. The molecule has 2 aliphatic heterocycles. The van der Waals surface area contributed by atoms with Crippen molar-refractivity contribution in [1.82, 2.24) is 19.4 Å². The molecule has 46 heavy (non-hydrogen) atoms. The Morgan fingerprint density at radius 2 is 1.35 bits per heavy atom. The number of rotatable bonds is 2. The van der Waals surface area contributed by atoms with Crippen LogP contribution in [-0.2, 0) is 25.9 Å². The van der Waals surface area contributed by atoms with Crippen LogP contribution in [0.25, 0.3) is 28.0 Å². The summed E-state index contributed by atoms with van der Waals surface area (Å²) in [4.78, 5) is 8.23. The third-order valence-corrected chi connectivity index (χ3v) is 10.0. The predicted molar refractivity (Wildman–Crippen MR) is 197 cm³/mol. The average Bonchev–Trinajstić information content (AvgIpc) is 3.56. The molecular formula is C37H43Cl3N6. The number of hydrazine groups is 1. The highest BCUT2D eigenvalue weighted by molar-refractivity contribution is 6.31. The Morgan fingerprint density at radius 3 is 2.07 bits per heavy atom. The van der Waals surface area contributed by atoms with Crippen LogP contribution in [0.2, 0.25) is 15.1 Å². The summed E-state index contributed by atoms with van der Waals surface area (Å²) in [7, 11) is 4.36. The molecule has 1 aliphatic carbocycles. The fourth-order valence-electron chi connectivity index (χ4n) is 6.83. The van der Waals surface area contributed by atoms with Crippen LogP contribution in [0, 0.1) is 0 Å². The van der Waals surface area contributed by atoms with Gasteiger partial charge < -0.3 is 24.8 Å². The van der Waals surface area contributed by atoms with Crippen molar-refractivity contribution in [3.63, 3.8) is 0 Å². The molecule has 5 aromatic rings. The highest BCUT2D eigenvalue weighted by Crippen LogP contribution is 2.34. The third-order valence-electron chi connectivity index (χ3n) is 9.29. The standard InChI is InChI=1S/C19H23ClN2.C12H13ClN2.C6H7ClN2/c1-21-10-9-19-17(13-21)16-11-15(20)7-8-18(16)22(19)12-14-5-3-2-4-6-14;1-15-5-4-12-10(7-15)9-6-8(13)2-3-11(9)14-12;7-5-1-3-6(9-8)4-2-5/h7-8,11-12H,2-6,9-10,13H2,1H3;2-3,6,14H,4-5,7H2,1H3;1-4,9H,8H2. The predicted octanol–water partition coefficient (Wildman–Crippen LogP) is 9.52. The van der Waals surface area contributed by atoms with Crippen molar-refractivity contribution < 1.29 is 0 Å². The van der Waals surface area contributed by atoms with E-state index < -0.39 is 0 Å². The van der Waals surface area contributed by atoms with Gasteiger partial charge in [0.15, 0.2) is 0 Å². The van der Waals surface area contributed by atoms with Crippen LogP contribution in [-0.4, -0.2) is 46.5 Å². The Kier molecular flexibility index (Phi) is 10.6. The van der Waals surface area contributed by atoms with Crippen molar-refractivity contribution in [2.45, 2.75) is 58.0 Å². The van der Waals surface area contributed by atoms with Gasteiger partial charge in [-0.1, -0.05) is 46.8 Å². The summed E-state index contributed by atoms with van der Waals surface area (Å²) in [5.74, 6) is 5.11. The molecule has 0 bridgehead atoms. The van der Waals surface area contributed by atoms with E-state index in [4.69, 9.17) is 40.6 Å². The van der Waals surface area contributed by atoms with Gasteiger partial charge in [-0.2, -0.15) is 0 Å². The van der Waals surface area contributed by atoms with Gasteiger partial charge in [-0.3, -0.25) is 5.84 Å². The second-order valence-corrected chi connectivity index (χ2v) is 14.0. The summed E-state index contributed by atoms with van der Waals surface area (Å²) in [5, 5.41) is 4.99. The molecule has 4 heterocycles. The van der Waals surface area contributed by atoms with Gasteiger partial charge in [-0.05, 0) is 112 Å². The number of nitrogens with one attached hydrogen (secondary N) is 2. The molecule has 1 saturated carbocycles. The first-order chi connectivity index (χ1) is 22.3. The first-order valence-corrected chi connectivity index (χ1v) is 17.3. The lowest BCUT2D eigenvalue weighted by molar-refractivity contribution is 0.312. The Balaban J connectivity index is 0.000000134. The Morgan fingerprint density at radius 1 is 0.717 bits per heavy atom. The number of likely N-dealkylation sites (N-methyl/N-ethyl adjacent to an activating group) is 2. The SMILES string of the molecule is CN1CCc2[nH]c3ccc(Cl)cc3c2C1.CN1CCc2c(c3cc(Cl)ccc3n2C=C2CCCCC2)C1.NNc1ccc(Cl)cc1. The molecule has 2 aromatic heterocycles. The van der Waals surface area contributed by atoms with E-state index in [0.717, 1.165) is 54.8 Å². The van der Waals surface area contributed by atoms with Gasteiger partial charge in [-0.25, -0.2) is 0 Å². The maximum Gasteiger partial charge on any atom is 0.0529 e. The highest BCUT2D eigenvalue weighted by Gasteiger charge is 2.22. The first-order valence-electron chi connectivity index (χ1n) is 16.2. The van der Waals surface area contributed by atoms with Gasteiger partial charge in [-0.15, -0.1) is 0 Å². The number of nitrogens with two attached hydrogens (primary N) is 1. The second kappa shape index (κ2) is 14.8. The van der Waals surface area contributed by atoms with Crippen LogP contribution in [0.15, 0.2) is 66.2 Å². The molecule has 0 unspecified atom stereocenters. The van der Waals surface area contributed by atoms with E-state index in [1.54, 1.807) is 17.7 Å². The molecule has 4 N–H and O–H groups in total. The zero-order valence-corrected chi connectivity index (χ0v) is 28.9. The minimum absolute atomic E-state index is 0.717. The second-order valence-electron chi connectivity index (χ2n) is 12.7. The zero-order valence-electron chi connectivity index (χ0n) is 26.7. The van der Waals surface area contributed by atoms with Gasteiger partial charge in [0.2, 0.25) is 0 Å². The number of aromatic nitrogens is 2. The maximum absolute atomic E-state index is 6.26. The number of benzene rings is 3. The number of nitrogens with zero attached hydrogens (tertiary/aromatic N) is 3. The molecular weight excluding hydrogens is 635 g/mol. The number of fused-ring (bicyclic) bond motifs is 6. The lowest BCUT2D eigenvalue weighted by Crippen LogP contribution is -2.26. The van der Waals surface area contributed by atoms with E-state index in [2.05, 4.69) is 69.3 Å². The molecule has 9 heteroatoms. The van der Waals surface area contributed by atoms with Crippen molar-refractivity contribution in [3.8, 4) is 0 Å². The summed E-state index contributed by atoms with van der Waals surface area (Å²) in [6.07, 6.45) is 11.3. The monoisotopic (exact) mass is 676 g/mol. The van der Waals surface area contributed by atoms with Crippen LogP contribution in [0.4, 0.5) is 5.69 Å². The number of anilines is 1. The molecule has 8 rings (SSSR count). The van der Waals surface area contributed by atoms with Crippen molar-refractivity contribution >= 4 is 68.5 Å². The average molecular weight is 678 g/mol. The summed E-state index contributed by atoms with van der Waals surface area (Å²) in [5.41, 5.74) is 13.3. The van der Waals surface area contributed by atoms with E-state index in [9.17, 15) is 0 Å². The number of halogens is 3. The molecule has 0 saturated heterocycles. The van der Waals surface area contributed by atoms with Crippen molar-refractivity contribution in [3.05, 3.63) is 104 Å². The van der Waals surface area contributed by atoms with E-state index in [1.165, 1.54) is 76.4 Å². The summed E-state index contributed by atoms with van der Waals surface area (Å²) < 4.78 is 2.47. The Bertz CT molecular complexity index is 1830. The lowest BCUT2D eigenvalue weighted by Gasteiger charge is -2.24. The number of hydrogen-bond acceptors (Lipinski definition) is 4.